The second kappa shape index (κ2) is 7.70. The molecule has 0 saturated heterocycles. The first-order chi connectivity index (χ1) is 12.1. The zero-order chi connectivity index (χ0) is 17.8. The van der Waals surface area contributed by atoms with Crippen LogP contribution < -0.4 is 5.73 Å². The average Bonchev–Trinajstić information content (AvgIpc) is 2.96. The maximum atomic E-state index is 5.86. The van der Waals surface area contributed by atoms with Gasteiger partial charge in [-0.2, -0.15) is 0 Å². The molecule has 3 rings (SSSR count). The normalized spacial score (nSPS) is 11.5. The van der Waals surface area contributed by atoms with Gasteiger partial charge in [0.2, 0.25) is 0 Å². The highest BCUT2D eigenvalue weighted by Gasteiger charge is 2.16. The van der Waals surface area contributed by atoms with Crippen molar-refractivity contribution in [2.75, 3.05) is 18.8 Å². The highest BCUT2D eigenvalue weighted by molar-refractivity contribution is 5.68. The summed E-state index contributed by atoms with van der Waals surface area (Å²) in [5.74, 6) is 0. The lowest BCUT2D eigenvalue weighted by Crippen LogP contribution is -2.25. The Balaban J connectivity index is 2.06. The number of imidazole rings is 1. The van der Waals surface area contributed by atoms with Crippen LogP contribution in [0.3, 0.4) is 0 Å². The zero-order valence-corrected chi connectivity index (χ0v) is 15.5. The number of rotatable bonds is 7. The molecule has 2 heterocycles. The van der Waals surface area contributed by atoms with Crippen molar-refractivity contribution in [3.8, 4) is 11.3 Å². The van der Waals surface area contributed by atoms with Crippen LogP contribution in [0.15, 0.2) is 42.6 Å². The summed E-state index contributed by atoms with van der Waals surface area (Å²) >= 11 is 0. The van der Waals surface area contributed by atoms with Gasteiger partial charge < -0.3 is 10.1 Å². The van der Waals surface area contributed by atoms with Gasteiger partial charge in [0, 0.05) is 24.0 Å². The van der Waals surface area contributed by atoms with E-state index in [1.807, 2.05) is 12.1 Å². The Morgan fingerprint density at radius 3 is 2.56 bits per heavy atom. The van der Waals surface area contributed by atoms with E-state index < -0.39 is 0 Å². The molecule has 132 valence electrons. The van der Waals surface area contributed by atoms with Crippen molar-refractivity contribution >= 4 is 11.3 Å². The van der Waals surface area contributed by atoms with Gasteiger partial charge in [0.15, 0.2) is 0 Å². The number of nitrogens with two attached hydrogens (primary N) is 1. The minimum Gasteiger partial charge on any atom is -0.399 e. The minimum atomic E-state index is 0.781. The van der Waals surface area contributed by atoms with E-state index in [0.717, 1.165) is 42.2 Å². The van der Waals surface area contributed by atoms with Crippen molar-refractivity contribution in [2.45, 2.75) is 40.2 Å². The summed E-state index contributed by atoms with van der Waals surface area (Å²) in [6, 6.07) is 12.3. The first-order valence-electron chi connectivity index (χ1n) is 9.18. The van der Waals surface area contributed by atoms with E-state index in [0.29, 0.717) is 0 Å². The van der Waals surface area contributed by atoms with Crippen LogP contribution in [0.4, 0.5) is 5.69 Å². The second-order valence-electron chi connectivity index (χ2n) is 6.68. The van der Waals surface area contributed by atoms with E-state index in [-0.39, 0.29) is 0 Å². The maximum absolute atomic E-state index is 5.86. The summed E-state index contributed by atoms with van der Waals surface area (Å²) in [7, 11) is 0. The van der Waals surface area contributed by atoms with Crippen LogP contribution in [-0.4, -0.2) is 27.4 Å². The molecule has 2 aromatic heterocycles. The number of aryl methyl sites for hydroxylation is 1. The smallest absolute Gasteiger partial charge is 0.137 e. The van der Waals surface area contributed by atoms with E-state index in [2.05, 4.69) is 60.5 Å². The van der Waals surface area contributed by atoms with Gasteiger partial charge >= 0.3 is 0 Å². The SMILES string of the molecule is CCCCN(CC)Cc1c(-c2ccc(N)cc2)nc2cc(C)ccn12. The molecule has 0 radical (unpaired) electrons. The Hall–Kier alpha value is -2.33. The van der Waals surface area contributed by atoms with E-state index in [1.165, 1.54) is 24.1 Å². The van der Waals surface area contributed by atoms with Gasteiger partial charge in [-0.05, 0) is 56.3 Å². The van der Waals surface area contributed by atoms with Gasteiger partial charge in [-0.3, -0.25) is 4.90 Å². The lowest BCUT2D eigenvalue weighted by molar-refractivity contribution is 0.272. The Morgan fingerprint density at radius 2 is 1.88 bits per heavy atom. The highest BCUT2D eigenvalue weighted by Crippen LogP contribution is 2.27. The van der Waals surface area contributed by atoms with Crippen LogP contribution in [0.2, 0.25) is 0 Å². The standard InChI is InChI=1S/C21H28N4/c1-4-6-12-24(5-2)15-19-21(17-7-9-18(22)10-8-17)23-20-14-16(3)11-13-25(19)20/h7-11,13-14H,4-6,12,15,22H2,1-3H3. The van der Waals surface area contributed by atoms with Crippen LogP contribution in [0, 0.1) is 6.92 Å². The van der Waals surface area contributed by atoms with Crippen molar-refractivity contribution in [2.24, 2.45) is 0 Å². The van der Waals surface area contributed by atoms with E-state index in [1.54, 1.807) is 0 Å². The molecule has 0 aliphatic rings. The van der Waals surface area contributed by atoms with Crippen molar-refractivity contribution < 1.29 is 0 Å². The second-order valence-corrected chi connectivity index (χ2v) is 6.68. The maximum Gasteiger partial charge on any atom is 0.137 e. The fourth-order valence-corrected chi connectivity index (χ4v) is 3.16. The quantitative estimate of drug-likeness (QED) is 0.646. The molecule has 1 aromatic carbocycles. The molecular weight excluding hydrogens is 308 g/mol. The van der Waals surface area contributed by atoms with Gasteiger partial charge in [-0.1, -0.05) is 32.4 Å². The molecular formula is C21H28N4. The third kappa shape index (κ3) is 3.85. The lowest BCUT2D eigenvalue weighted by Gasteiger charge is -2.20. The number of fused-ring (bicyclic) bond motifs is 1. The molecule has 4 heteroatoms. The molecule has 3 aromatic rings. The van der Waals surface area contributed by atoms with Crippen molar-refractivity contribution in [1.82, 2.24) is 14.3 Å². The van der Waals surface area contributed by atoms with Gasteiger partial charge in [0.1, 0.15) is 5.65 Å². The van der Waals surface area contributed by atoms with Crippen molar-refractivity contribution in [3.05, 3.63) is 53.9 Å². The topological polar surface area (TPSA) is 46.6 Å². The fourth-order valence-electron chi connectivity index (χ4n) is 3.16. The van der Waals surface area contributed by atoms with Gasteiger partial charge in [-0.25, -0.2) is 4.98 Å². The Bertz CT molecular complexity index is 833. The van der Waals surface area contributed by atoms with Crippen LogP contribution in [-0.2, 0) is 6.54 Å². The van der Waals surface area contributed by atoms with E-state index in [4.69, 9.17) is 10.7 Å². The first-order valence-corrected chi connectivity index (χ1v) is 9.18. The van der Waals surface area contributed by atoms with Crippen molar-refractivity contribution in [1.29, 1.82) is 0 Å². The number of benzene rings is 1. The summed E-state index contributed by atoms with van der Waals surface area (Å²) in [5, 5.41) is 0. The molecule has 0 fully saturated rings. The fraction of sp³-hybridized carbons (Fsp3) is 0.381. The Labute approximate surface area is 150 Å². The number of nitrogens with zero attached hydrogens (tertiary/aromatic N) is 3. The monoisotopic (exact) mass is 336 g/mol. The first kappa shape index (κ1) is 17.5. The molecule has 4 nitrogen and oxygen atoms in total. The van der Waals surface area contributed by atoms with Gasteiger partial charge in [0.25, 0.3) is 0 Å². The Kier molecular flexibility index (Phi) is 5.39. The number of aromatic nitrogens is 2. The number of hydrogen-bond acceptors (Lipinski definition) is 3. The zero-order valence-electron chi connectivity index (χ0n) is 15.5. The molecule has 0 saturated carbocycles. The van der Waals surface area contributed by atoms with Crippen LogP contribution in [0.1, 0.15) is 37.9 Å². The number of hydrogen-bond donors (Lipinski definition) is 1. The highest BCUT2D eigenvalue weighted by atomic mass is 15.1. The number of nitrogen functional groups attached to an aromatic ring is 1. The molecule has 25 heavy (non-hydrogen) atoms. The van der Waals surface area contributed by atoms with E-state index >= 15 is 0 Å². The molecule has 0 unspecified atom stereocenters. The summed E-state index contributed by atoms with van der Waals surface area (Å²) in [5.41, 5.74) is 12.3. The van der Waals surface area contributed by atoms with Gasteiger partial charge in [0.05, 0.1) is 11.4 Å². The van der Waals surface area contributed by atoms with Crippen LogP contribution in [0.5, 0.6) is 0 Å². The minimum absolute atomic E-state index is 0.781. The molecule has 0 bridgehead atoms. The summed E-state index contributed by atoms with van der Waals surface area (Å²) in [6.07, 6.45) is 4.58. The summed E-state index contributed by atoms with van der Waals surface area (Å²) in [6.45, 7) is 9.64. The largest absolute Gasteiger partial charge is 0.399 e. The lowest BCUT2D eigenvalue weighted by atomic mass is 10.1. The summed E-state index contributed by atoms with van der Waals surface area (Å²) in [4.78, 5) is 7.43. The van der Waals surface area contributed by atoms with Crippen LogP contribution >= 0.6 is 0 Å². The van der Waals surface area contributed by atoms with Crippen LogP contribution in [0.25, 0.3) is 16.9 Å². The average molecular weight is 336 g/mol. The molecule has 0 amide bonds. The molecule has 2 N–H and O–H groups in total. The summed E-state index contributed by atoms with van der Waals surface area (Å²) < 4.78 is 2.23. The van der Waals surface area contributed by atoms with Crippen molar-refractivity contribution in [3.63, 3.8) is 0 Å². The Morgan fingerprint density at radius 1 is 1.12 bits per heavy atom. The molecule has 0 aliphatic carbocycles. The predicted octanol–water partition coefficient (Wildman–Crippen LogP) is 4.51. The molecule has 0 spiro atoms. The third-order valence-corrected chi connectivity index (χ3v) is 4.71. The third-order valence-electron chi connectivity index (χ3n) is 4.71. The molecule has 0 aliphatic heterocycles. The number of anilines is 1. The number of unbranched alkanes of at least 4 members (excludes halogenated alkanes) is 1. The molecule has 0 atom stereocenters. The predicted molar refractivity (Wildman–Crippen MR) is 106 cm³/mol. The van der Waals surface area contributed by atoms with E-state index in [9.17, 15) is 0 Å². The van der Waals surface area contributed by atoms with Gasteiger partial charge in [-0.15, -0.1) is 0 Å². The number of pyridine rings is 1.